The Hall–Kier alpha value is -3.11. The molecule has 0 aliphatic carbocycles. The second kappa shape index (κ2) is 13.4. The van der Waals surface area contributed by atoms with Crippen molar-refractivity contribution in [3.63, 3.8) is 0 Å². The molecule has 37 heavy (non-hydrogen) atoms. The number of likely N-dealkylation sites (N-methyl/N-ethyl adjacent to an activating group) is 1. The lowest BCUT2D eigenvalue weighted by atomic mass is 9.86. The van der Waals surface area contributed by atoms with Gasteiger partial charge in [-0.2, -0.15) is 0 Å². The van der Waals surface area contributed by atoms with Crippen LogP contribution in [-0.2, 0) is 12.1 Å². The van der Waals surface area contributed by atoms with E-state index in [2.05, 4.69) is 59.6 Å². The average Bonchev–Trinajstić information content (AvgIpc) is 3.26. The van der Waals surface area contributed by atoms with Gasteiger partial charge in [0.15, 0.2) is 0 Å². The third kappa shape index (κ3) is 6.24. The highest BCUT2D eigenvalue weighted by Gasteiger charge is 2.52. The van der Waals surface area contributed by atoms with Crippen LogP contribution in [0.5, 0.6) is 0 Å². The molecule has 5 rings (SSSR count). The summed E-state index contributed by atoms with van der Waals surface area (Å²) in [6, 6.07) is 21.8. The molecule has 3 heterocycles. The van der Waals surface area contributed by atoms with Crippen LogP contribution in [0.25, 0.3) is 0 Å². The fourth-order valence-corrected chi connectivity index (χ4v) is 5.43. The fourth-order valence-electron chi connectivity index (χ4n) is 4.67. The first-order valence-corrected chi connectivity index (χ1v) is 13.8. The minimum absolute atomic E-state index is 0.0636. The Morgan fingerprint density at radius 1 is 1.14 bits per heavy atom. The van der Waals surface area contributed by atoms with Gasteiger partial charge in [-0.05, 0) is 57.0 Å². The van der Waals surface area contributed by atoms with E-state index in [9.17, 15) is 4.79 Å². The zero-order valence-electron chi connectivity index (χ0n) is 21.8. The second-order valence-electron chi connectivity index (χ2n) is 8.51. The number of aromatic nitrogens is 1. The maximum Gasteiger partial charge on any atom is 0.257 e. The van der Waals surface area contributed by atoms with Gasteiger partial charge in [-0.3, -0.25) is 19.7 Å². The van der Waals surface area contributed by atoms with Crippen molar-refractivity contribution < 1.29 is 4.79 Å². The van der Waals surface area contributed by atoms with Crippen molar-refractivity contribution in [3.8, 4) is 12.3 Å². The molecular formula is C30H33ClN4OS. The summed E-state index contributed by atoms with van der Waals surface area (Å²) in [5.74, 6) is 2.31. The zero-order valence-corrected chi connectivity index (χ0v) is 23.4. The smallest absolute Gasteiger partial charge is 0.257 e. The topological polar surface area (TPSA) is 48.8 Å². The zero-order chi connectivity index (χ0) is 26.8. The first kappa shape index (κ1) is 28.5. The number of terminal acetylenes is 1. The molecule has 0 N–H and O–H groups in total. The van der Waals surface area contributed by atoms with Gasteiger partial charge in [0.25, 0.3) is 5.91 Å². The molecule has 0 spiro atoms. The molecule has 1 aromatic heterocycles. The summed E-state index contributed by atoms with van der Waals surface area (Å²) in [7, 11) is 2.07. The molecule has 3 aromatic rings. The first-order chi connectivity index (χ1) is 17.9. The van der Waals surface area contributed by atoms with Crippen LogP contribution in [0, 0.1) is 12.3 Å². The predicted octanol–water partition coefficient (Wildman–Crippen LogP) is 5.99. The summed E-state index contributed by atoms with van der Waals surface area (Å²) in [6.45, 7) is 6.14. The van der Waals surface area contributed by atoms with E-state index in [-0.39, 0.29) is 5.91 Å². The fraction of sp³-hybridized carbons (Fsp3) is 0.300. The van der Waals surface area contributed by atoms with Crippen molar-refractivity contribution in [3.05, 3.63) is 100 Å². The van der Waals surface area contributed by atoms with Crippen LogP contribution < -0.4 is 0 Å². The number of rotatable bonds is 3. The first-order valence-electron chi connectivity index (χ1n) is 12.2. The lowest BCUT2D eigenvalue weighted by Crippen LogP contribution is -2.56. The largest absolute Gasteiger partial charge is 0.314 e. The number of aliphatic imine (C=N–C) groups is 1. The van der Waals surface area contributed by atoms with Crippen LogP contribution in [-0.4, -0.2) is 58.7 Å². The molecule has 1 saturated heterocycles. The van der Waals surface area contributed by atoms with Crippen LogP contribution in [0.2, 0.25) is 5.02 Å². The molecule has 1 amide bonds. The molecule has 7 heteroatoms. The second-order valence-corrected chi connectivity index (χ2v) is 9.75. The third-order valence-corrected chi connectivity index (χ3v) is 7.34. The van der Waals surface area contributed by atoms with Crippen LogP contribution in [0.15, 0.2) is 77.9 Å². The van der Waals surface area contributed by atoms with Gasteiger partial charge in [0.2, 0.25) is 0 Å². The predicted molar refractivity (Wildman–Crippen MR) is 156 cm³/mol. The van der Waals surface area contributed by atoms with E-state index in [0.29, 0.717) is 11.4 Å². The summed E-state index contributed by atoms with van der Waals surface area (Å²) in [5.41, 5.74) is 3.44. The van der Waals surface area contributed by atoms with Crippen LogP contribution in [0.1, 0.15) is 41.0 Å². The van der Waals surface area contributed by atoms with Crippen molar-refractivity contribution in [2.45, 2.75) is 25.9 Å². The lowest BCUT2D eigenvalue weighted by molar-refractivity contribution is 0.0147. The molecule has 0 radical (unpaired) electrons. The normalized spacial score (nSPS) is 18.4. The quantitative estimate of drug-likeness (QED) is 0.236. The molecule has 192 valence electrons. The van der Waals surface area contributed by atoms with Gasteiger partial charge in [-0.25, -0.2) is 0 Å². The van der Waals surface area contributed by atoms with Gasteiger partial charge in [0, 0.05) is 42.8 Å². The number of thioether (sulfide) groups is 1. The third-order valence-electron chi connectivity index (χ3n) is 6.34. The van der Waals surface area contributed by atoms with Crippen LogP contribution >= 0.6 is 23.4 Å². The monoisotopic (exact) mass is 532 g/mol. The average molecular weight is 533 g/mol. The molecule has 0 bridgehead atoms. The number of carbonyl (C=O) groups excluding carboxylic acids is 1. The Morgan fingerprint density at radius 2 is 1.81 bits per heavy atom. The minimum Gasteiger partial charge on any atom is -0.314 e. The maximum absolute atomic E-state index is 12.9. The summed E-state index contributed by atoms with van der Waals surface area (Å²) < 4.78 is 0. The molecular weight excluding hydrogens is 500 g/mol. The number of fused-ring (bicyclic) bond motifs is 2. The molecule has 1 atom stereocenters. The Kier molecular flexibility index (Phi) is 10.3. The van der Waals surface area contributed by atoms with Crippen LogP contribution in [0.3, 0.4) is 0 Å². The van der Waals surface area contributed by atoms with E-state index in [4.69, 9.17) is 11.6 Å². The number of halogens is 1. The van der Waals surface area contributed by atoms with Crippen molar-refractivity contribution in [2.24, 2.45) is 4.99 Å². The van der Waals surface area contributed by atoms with Gasteiger partial charge in [-0.1, -0.05) is 54.1 Å². The van der Waals surface area contributed by atoms with Crippen molar-refractivity contribution in [1.29, 1.82) is 0 Å². The van der Waals surface area contributed by atoms with E-state index in [1.165, 1.54) is 5.56 Å². The van der Waals surface area contributed by atoms with E-state index in [1.807, 2.05) is 59.5 Å². The summed E-state index contributed by atoms with van der Waals surface area (Å²) in [6.07, 6.45) is 9.11. The molecule has 2 aliphatic heterocycles. The van der Waals surface area contributed by atoms with Gasteiger partial charge in [0.05, 0.1) is 16.3 Å². The van der Waals surface area contributed by atoms with Gasteiger partial charge in [0.1, 0.15) is 5.66 Å². The Balaban J connectivity index is 0.000000215. The number of hydrogen-bond acceptors (Lipinski definition) is 5. The molecule has 1 unspecified atom stereocenters. The van der Waals surface area contributed by atoms with E-state index in [0.717, 1.165) is 41.5 Å². The number of nitrogens with zero attached hydrogens (tertiary/aromatic N) is 4. The van der Waals surface area contributed by atoms with E-state index in [1.54, 1.807) is 24.9 Å². The maximum atomic E-state index is 12.9. The van der Waals surface area contributed by atoms with Crippen LogP contribution in [0.4, 0.5) is 0 Å². The SMILES string of the molecule is C#CC.CCN=C(SC)c1ccccc1.CN1CCN2C(=O)c3cccnc3CC12c1ccc(Cl)cc1. The highest BCUT2D eigenvalue weighted by atomic mass is 35.5. The van der Waals surface area contributed by atoms with Crippen molar-refractivity contribution >= 4 is 34.3 Å². The van der Waals surface area contributed by atoms with Gasteiger partial charge >= 0.3 is 0 Å². The molecule has 2 aliphatic rings. The molecule has 1 fully saturated rings. The summed E-state index contributed by atoms with van der Waals surface area (Å²) in [5, 5.41) is 1.83. The Bertz CT molecular complexity index is 1260. The van der Waals surface area contributed by atoms with Gasteiger partial charge in [-0.15, -0.1) is 24.1 Å². The minimum atomic E-state index is -0.455. The highest BCUT2D eigenvalue weighted by Crippen LogP contribution is 2.43. The standard InChI is InChI=1S/C17H16ClN3O.C10H13NS.C3H4/c1-20-9-10-21-16(22)14-3-2-8-19-15(14)11-17(20,21)12-4-6-13(18)7-5-12;1-3-11-10(12-2)9-7-5-4-6-8-9;1-3-2/h2-8H,9-11H2,1H3;4-8H,3H2,1-2H3;1H,2H3. The highest BCUT2D eigenvalue weighted by molar-refractivity contribution is 8.13. The number of pyridine rings is 1. The Labute approximate surface area is 230 Å². The lowest BCUT2D eigenvalue weighted by Gasteiger charge is -2.46. The number of carbonyl (C=O) groups is 1. The number of hydrogen-bond donors (Lipinski definition) is 0. The van der Waals surface area contributed by atoms with Gasteiger partial charge < -0.3 is 4.90 Å². The molecule has 0 saturated carbocycles. The number of amides is 1. The number of benzene rings is 2. The molecule has 5 nitrogen and oxygen atoms in total. The van der Waals surface area contributed by atoms with E-state index < -0.39 is 5.66 Å². The summed E-state index contributed by atoms with van der Waals surface area (Å²) in [4.78, 5) is 26.0. The Morgan fingerprint density at radius 3 is 2.43 bits per heavy atom. The molecule has 2 aromatic carbocycles. The summed E-state index contributed by atoms with van der Waals surface area (Å²) >= 11 is 7.73. The van der Waals surface area contributed by atoms with Crippen molar-refractivity contribution in [1.82, 2.24) is 14.8 Å². The van der Waals surface area contributed by atoms with E-state index >= 15 is 0 Å². The van der Waals surface area contributed by atoms with Crippen molar-refractivity contribution in [2.75, 3.05) is 32.9 Å².